The molecule has 0 amide bonds. The third-order valence-corrected chi connectivity index (χ3v) is 4.70. The van der Waals surface area contributed by atoms with Gasteiger partial charge in [0, 0.05) is 5.56 Å². The van der Waals surface area contributed by atoms with E-state index in [1.807, 2.05) is 6.07 Å². The summed E-state index contributed by atoms with van der Waals surface area (Å²) >= 11 is 0. The molecule has 88 valence electrons. The summed E-state index contributed by atoms with van der Waals surface area (Å²) in [5, 5.41) is 0.821. The highest BCUT2D eigenvalue weighted by molar-refractivity contribution is 6.89. The van der Waals surface area contributed by atoms with Gasteiger partial charge in [-0.2, -0.15) is 0 Å². The molecule has 4 heteroatoms. The maximum Gasteiger partial charge on any atom is 0.184 e. The Kier molecular flexibility index (Phi) is 3.14. The van der Waals surface area contributed by atoms with E-state index in [0.29, 0.717) is 13.2 Å². The lowest BCUT2D eigenvalue weighted by atomic mass is 10.2. The summed E-state index contributed by atoms with van der Waals surface area (Å²) in [5.41, 5.74) is 0.872. The number of rotatable bonds is 2. The van der Waals surface area contributed by atoms with Gasteiger partial charge in [0.1, 0.15) is 5.82 Å². The van der Waals surface area contributed by atoms with Gasteiger partial charge in [0.05, 0.1) is 21.3 Å². The highest BCUT2D eigenvalue weighted by atomic mass is 28.3. The van der Waals surface area contributed by atoms with E-state index in [-0.39, 0.29) is 12.1 Å². The van der Waals surface area contributed by atoms with Crippen LogP contribution in [0.3, 0.4) is 0 Å². The van der Waals surface area contributed by atoms with Crippen molar-refractivity contribution in [3.05, 3.63) is 29.6 Å². The minimum Gasteiger partial charge on any atom is -0.346 e. The molecule has 1 aromatic carbocycles. The Morgan fingerprint density at radius 1 is 1.19 bits per heavy atom. The molecule has 0 aromatic heterocycles. The molecule has 2 rings (SSSR count). The van der Waals surface area contributed by atoms with Gasteiger partial charge < -0.3 is 9.47 Å². The van der Waals surface area contributed by atoms with Crippen LogP contribution in [0, 0.1) is 5.82 Å². The fourth-order valence-corrected chi connectivity index (χ4v) is 3.93. The molecule has 16 heavy (non-hydrogen) atoms. The van der Waals surface area contributed by atoms with Gasteiger partial charge in [0.25, 0.3) is 0 Å². The topological polar surface area (TPSA) is 18.5 Å². The number of ether oxygens (including phenoxy) is 2. The molecule has 1 heterocycles. The zero-order valence-electron chi connectivity index (χ0n) is 9.92. The van der Waals surface area contributed by atoms with Crippen molar-refractivity contribution in [3.8, 4) is 0 Å². The molecule has 0 aliphatic carbocycles. The van der Waals surface area contributed by atoms with Crippen LogP contribution in [-0.2, 0) is 9.47 Å². The van der Waals surface area contributed by atoms with Crippen molar-refractivity contribution in [2.24, 2.45) is 0 Å². The van der Waals surface area contributed by atoms with E-state index >= 15 is 0 Å². The number of halogens is 1. The van der Waals surface area contributed by atoms with Crippen LogP contribution in [0.5, 0.6) is 0 Å². The van der Waals surface area contributed by atoms with Crippen molar-refractivity contribution in [2.75, 3.05) is 13.2 Å². The molecule has 1 fully saturated rings. The van der Waals surface area contributed by atoms with Gasteiger partial charge >= 0.3 is 0 Å². The fourth-order valence-electron chi connectivity index (χ4n) is 2.07. The van der Waals surface area contributed by atoms with Gasteiger partial charge in [0.2, 0.25) is 0 Å². The standard InChI is InChI=1S/C12H17FO2Si/c1-16(2,3)11-9(5-4-6-10(11)13)12-14-7-8-15-12/h4-6,12H,7-8H2,1-3H3. The van der Waals surface area contributed by atoms with Gasteiger partial charge in [0.15, 0.2) is 6.29 Å². The maximum absolute atomic E-state index is 13.9. The van der Waals surface area contributed by atoms with Crippen molar-refractivity contribution in [1.29, 1.82) is 0 Å². The molecule has 0 saturated carbocycles. The van der Waals surface area contributed by atoms with Gasteiger partial charge in [-0.25, -0.2) is 4.39 Å². The fraction of sp³-hybridized carbons (Fsp3) is 0.500. The zero-order valence-corrected chi connectivity index (χ0v) is 10.9. The molecule has 0 N–H and O–H groups in total. The Balaban J connectivity index is 2.47. The second-order valence-corrected chi connectivity index (χ2v) is 10.0. The van der Waals surface area contributed by atoms with Crippen LogP contribution < -0.4 is 5.19 Å². The minimum atomic E-state index is -1.72. The number of benzene rings is 1. The Morgan fingerprint density at radius 2 is 1.81 bits per heavy atom. The SMILES string of the molecule is C[Si](C)(C)c1c(F)cccc1C1OCCO1. The predicted molar refractivity (Wildman–Crippen MR) is 64.0 cm³/mol. The van der Waals surface area contributed by atoms with Crippen LogP contribution in [0.15, 0.2) is 18.2 Å². The van der Waals surface area contributed by atoms with Crippen LogP contribution in [0.25, 0.3) is 0 Å². The van der Waals surface area contributed by atoms with Crippen LogP contribution >= 0.6 is 0 Å². The minimum absolute atomic E-state index is 0.129. The third-order valence-electron chi connectivity index (χ3n) is 2.67. The van der Waals surface area contributed by atoms with Crippen LogP contribution in [0.2, 0.25) is 19.6 Å². The maximum atomic E-state index is 13.9. The summed E-state index contributed by atoms with van der Waals surface area (Å²) in [6.45, 7) is 7.57. The first-order chi connectivity index (χ1) is 7.50. The summed E-state index contributed by atoms with van der Waals surface area (Å²) in [4.78, 5) is 0. The van der Waals surface area contributed by atoms with E-state index < -0.39 is 8.07 Å². The predicted octanol–water partition coefficient (Wildman–Crippen LogP) is 2.42. The molecule has 1 saturated heterocycles. The largest absolute Gasteiger partial charge is 0.346 e. The third kappa shape index (κ3) is 2.19. The normalized spacial score (nSPS) is 18.0. The van der Waals surface area contributed by atoms with Crippen LogP contribution in [0.4, 0.5) is 4.39 Å². The van der Waals surface area contributed by atoms with E-state index in [9.17, 15) is 4.39 Å². The van der Waals surface area contributed by atoms with Crippen molar-refractivity contribution in [1.82, 2.24) is 0 Å². The summed E-state index contributed by atoms with van der Waals surface area (Å²) in [7, 11) is -1.72. The molecular weight excluding hydrogens is 223 g/mol. The Morgan fingerprint density at radius 3 is 2.38 bits per heavy atom. The molecular formula is C12H17FO2Si. The highest BCUT2D eigenvalue weighted by Gasteiger charge is 2.30. The first-order valence-corrected chi connectivity index (χ1v) is 9.02. The summed E-state index contributed by atoms with van der Waals surface area (Å²) in [6.07, 6.45) is -0.377. The quantitative estimate of drug-likeness (QED) is 0.739. The second kappa shape index (κ2) is 4.28. The van der Waals surface area contributed by atoms with Crippen molar-refractivity contribution >= 4 is 13.3 Å². The Labute approximate surface area is 96.4 Å². The van der Waals surface area contributed by atoms with Crippen LogP contribution in [-0.4, -0.2) is 21.3 Å². The zero-order chi connectivity index (χ0) is 11.8. The van der Waals surface area contributed by atoms with E-state index in [1.54, 1.807) is 6.07 Å². The van der Waals surface area contributed by atoms with Gasteiger partial charge in [-0.1, -0.05) is 31.8 Å². The van der Waals surface area contributed by atoms with Crippen molar-refractivity contribution in [2.45, 2.75) is 25.9 Å². The van der Waals surface area contributed by atoms with Crippen molar-refractivity contribution in [3.63, 3.8) is 0 Å². The monoisotopic (exact) mass is 240 g/mol. The summed E-state index contributed by atoms with van der Waals surface area (Å²) in [6, 6.07) is 5.15. The first-order valence-electron chi connectivity index (χ1n) is 5.52. The molecule has 1 aliphatic heterocycles. The number of hydrogen-bond acceptors (Lipinski definition) is 2. The lowest BCUT2D eigenvalue weighted by Gasteiger charge is -2.23. The van der Waals surface area contributed by atoms with E-state index in [4.69, 9.17) is 9.47 Å². The molecule has 1 aromatic rings. The molecule has 0 atom stereocenters. The lowest BCUT2D eigenvalue weighted by Crippen LogP contribution is -2.43. The van der Waals surface area contributed by atoms with E-state index in [0.717, 1.165) is 10.8 Å². The Bertz CT molecular complexity index is 381. The smallest absolute Gasteiger partial charge is 0.184 e. The molecule has 2 nitrogen and oxygen atoms in total. The first kappa shape index (κ1) is 11.8. The second-order valence-electron chi connectivity index (χ2n) is 5.03. The lowest BCUT2D eigenvalue weighted by molar-refractivity contribution is -0.0435. The summed E-state index contributed by atoms with van der Waals surface area (Å²) in [5.74, 6) is -0.129. The molecule has 0 unspecified atom stereocenters. The average Bonchev–Trinajstić information content (AvgIpc) is 2.67. The van der Waals surface area contributed by atoms with Gasteiger partial charge in [-0.15, -0.1) is 0 Å². The average molecular weight is 240 g/mol. The number of hydrogen-bond donors (Lipinski definition) is 0. The van der Waals surface area contributed by atoms with Gasteiger partial charge in [-0.3, -0.25) is 0 Å². The van der Waals surface area contributed by atoms with E-state index in [1.165, 1.54) is 6.07 Å². The van der Waals surface area contributed by atoms with Gasteiger partial charge in [-0.05, 0) is 11.3 Å². The summed E-state index contributed by atoms with van der Waals surface area (Å²) < 4.78 is 24.8. The molecule has 1 aliphatic rings. The molecule has 0 radical (unpaired) electrons. The Hall–Kier alpha value is -0.713. The highest BCUT2D eigenvalue weighted by Crippen LogP contribution is 2.24. The molecule has 0 bridgehead atoms. The molecule has 0 spiro atoms. The van der Waals surface area contributed by atoms with Crippen LogP contribution in [0.1, 0.15) is 11.9 Å². The van der Waals surface area contributed by atoms with E-state index in [2.05, 4.69) is 19.6 Å². The van der Waals surface area contributed by atoms with Crippen molar-refractivity contribution < 1.29 is 13.9 Å².